The molecule has 0 bridgehead atoms. The van der Waals surface area contributed by atoms with E-state index < -0.39 is 11.9 Å². The standard InChI is InChI=1S/2C14H16N2O3.2Li/c2*17-14(18)13-6-10(3-4-15-13)11-2-1-5-16(7-11)12-8-19-9-12;;/h2*2-4,6,12H,1,5,7-9H2,(H,17,18);;/q;;2*+1/p-2. The van der Waals surface area contributed by atoms with Gasteiger partial charge in [0, 0.05) is 38.6 Å². The number of carbonyl (C=O) groups is 2. The molecule has 0 aromatic carbocycles. The number of carbonyl (C=O) groups excluding carboxylic acids is 2. The van der Waals surface area contributed by atoms with Crippen LogP contribution in [0.1, 0.15) is 44.9 Å². The number of nitrogens with zero attached hydrogens (tertiary/aromatic N) is 4. The van der Waals surface area contributed by atoms with Crippen LogP contribution in [-0.4, -0.2) is 96.4 Å². The average Bonchev–Trinajstić information content (AvgIpc) is 2.88. The van der Waals surface area contributed by atoms with Crippen LogP contribution < -0.4 is 47.9 Å². The molecule has 200 valence electrons. The third-order valence-electron chi connectivity index (χ3n) is 7.31. The molecule has 0 unspecified atom stereocenters. The Labute approximate surface area is 257 Å². The Kier molecular flexibility index (Phi) is 12.2. The summed E-state index contributed by atoms with van der Waals surface area (Å²) in [6.07, 6.45) is 9.35. The fourth-order valence-corrected chi connectivity index (χ4v) is 4.93. The van der Waals surface area contributed by atoms with Crippen molar-refractivity contribution in [2.75, 3.05) is 52.6 Å². The number of carboxylic acids is 2. The summed E-state index contributed by atoms with van der Waals surface area (Å²) in [4.78, 5) is 34.0. The van der Waals surface area contributed by atoms with Crippen molar-refractivity contribution in [2.24, 2.45) is 0 Å². The number of hydrogen-bond acceptors (Lipinski definition) is 10. The third kappa shape index (κ3) is 7.94. The second-order valence-electron chi connectivity index (χ2n) is 9.79. The molecule has 0 radical (unpaired) electrons. The molecule has 4 aliphatic heterocycles. The first-order valence-electron chi connectivity index (χ1n) is 12.8. The van der Waals surface area contributed by atoms with E-state index in [1.165, 1.54) is 12.4 Å². The van der Waals surface area contributed by atoms with Crippen molar-refractivity contribution < 1.29 is 67.0 Å². The van der Waals surface area contributed by atoms with Gasteiger partial charge in [-0.2, -0.15) is 0 Å². The summed E-state index contributed by atoms with van der Waals surface area (Å²) in [5.41, 5.74) is 4.12. The first kappa shape index (κ1) is 32.3. The molecular formula is C28H30Li2N4O6. The maximum atomic E-state index is 10.8. The molecule has 40 heavy (non-hydrogen) atoms. The van der Waals surface area contributed by atoms with Crippen molar-refractivity contribution in [3.8, 4) is 0 Å². The van der Waals surface area contributed by atoms with E-state index in [1.807, 2.05) is 12.1 Å². The van der Waals surface area contributed by atoms with Gasteiger partial charge in [-0.05, 0) is 59.4 Å². The summed E-state index contributed by atoms with van der Waals surface area (Å²) in [6.45, 7) is 6.95. The van der Waals surface area contributed by atoms with Gasteiger partial charge in [-0.15, -0.1) is 0 Å². The molecule has 0 spiro atoms. The van der Waals surface area contributed by atoms with Gasteiger partial charge in [-0.25, -0.2) is 0 Å². The van der Waals surface area contributed by atoms with Crippen LogP contribution in [0.15, 0.2) is 48.8 Å². The van der Waals surface area contributed by atoms with Crippen molar-refractivity contribution in [2.45, 2.75) is 24.9 Å². The maximum absolute atomic E-state index is 10.8. The van der Waals surface area contributed by atoms with Crippen LogP contribution >= 0.6 is 0 Å². The molecule has 6 heterocycles. The maximum Gasteiger partial charge on any atom is 1.00 e. The normalized spacial score (nSPS) is 19.7. The predicted molar refractivity (Wildman–Crippen MR) is 135 cm³/mol. The summed E-state index contributed by atoms with van der Waals surface area (Å²) in [6, 6.07) is 7.87. The molecule has 0 saturated carbocycles. The molecular weight excluding hydrogens is 502 g/mol. The fraction of sp³-hybridized carbons (Fsp3) is 0.429. The van der Waals surface area contributed by atoms with E-state index in [4.69, 9.17) is 9.47 Å². The zero-order chi connectivity index (χ0) is 26.5. The Morgan fingerprint density at radius 2 is 1.12 bits per heavy atom. The molecule has 10 nitrogen and oxygen atoms in total. The number of carboxylic acid groups (broad SMARTS) is 2. The third-order valence-corrected chi connectivity index (χ3v) is 7.31. The summed E-state index contributed by atoms with van der Waals surface area (Å²) in [5, 5.41) is 21.7. The quantitative estimate of drug-likeness (QED) is 0.331. The summed E-state index contributed by atoms with van der Waals surface area (Å²) < 4.78 is 10.4. The minimum atomic E-state index is -1.23. The van der Waals surface area contributed by atoms with E-state index in [-0.39, 0.29) is 49.1 Å². The van der Waals surface area contributed by atoms with Crippen molar-refractivity contribution in [1.29, 1.82) is 0 Å². The molecule has 0 amide bonds. The van der Waals surface area contributed by atoms with Gasteiger partial charge in [0.1, 0.15) is 0 Å². The van der Waals surface area contributed by atoms with Crippen LogP contribution in [0.2, 0.25) is 0 Å². The Hall–Kier alpha value is -2.25. The summed E-state index contributed by atoms with van der Waals surface area (Å²) in [5.74, 6) is -2.47. The second kappa shape index (κ2) is 15.1. The molecule has 0 atom stereocenters. The van der Waals surface area contributed by atoms with Crippen molar-refractivity contribution in [3.05, 3.63) is 71.3 Å². The zero-order valence-corrected chi connectivity index (χ0v) is 23.1. The monoisotopic (exact) mass is 532 g/mol. The molecule has 12 heteroatoms. The van der Waals surface area contributed by atoms with Crippen LogP contribution in [0.4, 0.5) is 0 Å². The number of hydrogen-bond donors (Lipinski definition) is 0. The SMILES string of the molecule is O=C([O-])c1cc(C2=CCCN(C3COC3)C2)ccn1.O=C([O-])c1cc(C2=CCCN(C3COC3)C2)ccn1.[Li+].[Li+]. The van der Waals surface area contributed by atoms with Gasteiger partial charge in [0.2, 0.25) is 0 Å². The summed E-state index contributed by atoms with van der Waals surface area (Å²) in [7, 11) is 0. The second-order valence-corrected chi connectivity index (χ2v) is 9.79. The fourth-order valence-electron chi connectivity index (χ4n) is 4.93. The molecule has 2 aromatic heterocycles. The first-order chi connectivity index (χ1) is 18.5. The van der Waals surface area contributed by atoms with Gasteiger partial charge in [0.25, 0.3) is 0 Å². The smallest absolute Gasteiger partial charge is 0.543 e. The van der Waals surface area contributed by atoms with E-state index in [1.54, 1.807) is 12.1 Å². The van der Waals surface area contributed by atoms with Crippen molar-refractivity contribution in [1.82, 2.24) is 19.8 Å². The largest absolute Gasteiger partial charge is 1.00 e. The van der Waals surface area contributed by atoms with Gasteiger partial charge in [-0.3, -0.25) is 19.8 Å². The predicted octanol–water partition coefficient (Wildman–Crippen LogP) is -6.13. The number of pyridine rings is 2. The van der Waals surface area contributed by atoms with Crippen molar-refractivity contribution >= 4 is 23.1 Å². The molecule has 0 aliphatic carbocycles. The van der Waals surface area contributed by atoms with Gasteiger partial charge < -0.3 is 29.3 Å². The topological polar surface area (TPSA) is 131 Å². The van der Waals surface area contributed by atoms with E-state index >= 15 is 0 Å². The van der Waals surface area contributed by atoms with Crippen LogP contribution in [0.5, 0.6) is 0 Å². The summed E-state index contributed by atoms with van der Waals surface area (Å²) >= 11 is 0. The minimum Gasteiger partial charge on any atom is -0.543 e. The minimum absolute atomic E-state index is 0. The van der Waals surface area contributed by atoms with E-state index in [0.717, 1.165) is 87.7 Å². The van der Waals surface area contributed by atoms with Crippen LogP contribution in [-0.2, 0) is 9.47 Å². The Morgan fingerprint density at radius 1 is 0.725 bits per heavy atom. The Balaban J connectivity index is 0.000000210. The molecule has 4 aliphatic rings. The Morgan fingerprint density at radius 3 is 1.45 bits per heavy atom. The molecule has 2 aromatic rings. The van der Waals surface area contributed by atoms with Gasteiger partial charge in [-0.1, -0.05) is 12.2 Å². The Bertz CT molecular complexity index is 1150. The van der Waals surface area contributed by atoms with E-state index in [2.05, 4.69) is 31.9 Å². The van der Waals surface area contributed by atoms with E-state index in [0.29, 0.717) is 12.1 Å². The van der Waals surface area contributed by atoms with Crippen molar-refractivity contribution in [3.63, 3.8) is 0 Å². The number of aromatic carboxylic acids is 2. The average molecular weight is 532 g/mol. The molecule has 2 saturated heterocycles. The van der Waals surface area contributed by atoms with Gasteiger partial charge in [0.15, 0.2) is 0 Å². The van der Waals surface area contributed by atoms with Crippen LogP contribution in [0.3, 0.4) is 0 Å². The zero-order valence-electron chi connectivity index (χ0n) is 23.1. The van der Waals surface area contributed by atoms with Gasteiger partial charge in [0.05, 0.1) is 61.8 Å². The molecule has 6 rings (SSSR count). The molecule has 0 N–H and O–H groups in total. The number of aromatic nitrogens is 2. The van der Waals surface area contributed by atoms with Crippen LogP contribution in [0, 0.1) is 0 Å². The van der Waals surface area contributed by atoms with E-state index in [9.17, 15) is 19.8 Å². The number of rotatable bonds is 6. The molecule has 2 fully saturated rings. The van der Waals surface area contributed by atoms with Crippen LogP contribution in [0.25, 0.3) is 11.1 Å². The number of ether oxygens (including phenoxy) is 2. The van der Waals surface area contributed by atoms with Gasteiger partial charge >= 0.3 is 37.7 Å². The first-order valence-corrected chi connectivity index (χ1v) is 12.8.